The summed E-state index contributed by atoms with van der Waals surface area (Å²) >= 11 is 0. The molecule has 0 amide bonds. The normalized spacial score (nSPS) is 27.3. The quantitative estimate of drug-likeness (QED) is 0.246. The van der Waals surface area contributed by atoms with Crippen molar-refractivity contribution in [1.29, 1.82) is 0 Å². The number of hydrogen-bond donors (Lipinski definition) is 1. The number of rotatable bonds is 10. The molecule has 0 radical (unpaired) electrons. The molecule has 190 valence electrons. The van der Waals surface area contributed by atoms with Gasteiger partial charge in [-0.3, -0.25) is 4.79 Å². The molecule has 4 fully saturated rings. The number of carbonyl (C=O) groups is 2. The summed E-state index contributed by atoms with van der Waals surface area (Å²) in [5.74, 6) is 2.04. The molecule has 1 unspecified atom stereocenters. The zero-order chi connectivity index (χ0) is 25.3. The molecule has 2 aromatic rings. The lowest BCUT2D eigenvalue weighted by molar-refractivity contribution is -0.150. The number of carbonyl (C=O) groups excluding carboxylic acids is 1. The number of methoxy groups -OCH3 is 1. The Morgan fingerprint density at radius 3 is 2.19 bits per heavy atom. The molecule has 0 spiro atoms. The van der Waals surface area contributed by atoms with Crippen molar-refractivity contribution in [2.24, 2.45) is 17.8 Å². The van der Waals surface area contributed by atoms with E-state index in [1.54, 1.807) is 31.4 Å². The maximum absolute atomic E-state index is 13.2. The zero-order valence-corrected chi connectivity index (χ0v) is 20.9. The molecule has 4 aliphatic rings. The second kappa shape index (κ2) is 10.2. The molecular weight excluding hydrogens is 456 g/mol. The van der Waals surface area contributed by atoms with Crippen molar-refractivity contribution in [2.45, 2.75) is 57.2 Å². The zero-order valence-electron chi connectivity index (χ0n) is 20.9. The highest BCUT2D eigenvalue weighted by Gasteiger charge is 2.52. The fourth-order valence-electron chi connectivity index (χ4n) is 6.93. The highest BCUT2D eigenvalue weighted by Crippen LogP contribution is 2.62. The lowest BCUT2D eigenvalue weighted by atomic mass is 9.48. The van der Waals surface area contributed by atoms with Gasteiger partial charge in [0.2, 0.25) is 0 Å². The minimum Gasteiger partial charge on any atom is -0.478 e. The molecule has 0 aliphatic heterocycles. The number of benzene rings is 2. The lowest BCUT2D eigenvalue weighted by Gasteiger charge is -2.57. The minimum atomic E-state index is -0.969. The molecule has 0 heterocycles. The van der Waals surface area contributed by atoms with Gasteiger partial charge in [-0.05, 0) is 111 Å². The van der Waals surface area contributed by atoms with Crippen LogP contribution in [0.4, 0.5) is 0 Å². The first-order chi connectivity index (χ1) is 17.3. The number of carboxylic acids is 1. The average Bonchev–Trinajstić information content (AvgIpc) is 2.86. The van der Waals surface area contributed by atoms with Crippen LogP contribution in [-0.4, -0.2) is 37.1 Å². The summed E-state index contributed by atoms with van der Waals surface area (Å²) < 4.78 is 16.9. The molecule has 6 nitrogen and oxygen atoms in total. The Balaban J connectivity index is 1.41. The third kappa shape index (κ3) is 5.11. The molecule has 1 N–H and O–H groups in total. The van der Waals surface area contributed by atoms with Gasteiger partial charge in [-0.2, -0.15) is 0 Å². The van der Waals surface area contributed by atoms with Crippen LogP contribution >= 0.6 is 0 Å². The van der Waals surface area contributed by atoms with Crippen molar-refractivity contribution in [1.82, 2.24) is 0 Å². The van der Waals surface area contributed by atoms with Gasteiger partial charge < -0.3 is 19.3 Å². The summed E-state index contributed by atoms with van der Waals surface area (Å²) in [6, 6.07) is 12.3. The van der Waals surface area contributed by atoms with Crippen LogP contribution in [0.2, 0.25) is 0 Å². The third-order valence-electron chi connectivity index (χ3n) is 8.31. The van der Waals surface area contributed by atoms with Gasteiger partial charge in [0.25, 0.3) is 0 Å². The number of ether oxygens (including phenoxy) is 3. The van der Waals surface area contributed by atoms with Crippen LogP contribution in [0, 0.1) is 17.8 Å². The highest BCUT2D eigenvalue weighted by molar-refractivity contribution is 6.07. The van der Waals surface area contributed by atoms with Crippen molar-refractivity contribution < 1.29 is 28.9 Å². The Morgan fingerprint density at radius 1 is 1.00 bits per heavy atom. The molecule has 4 aliphatic carbocycles. The van der Waals surface area contributed by atoms with Crippen molar-refractivity contribution >= 4 is 17.8 Å². The molecule has 6 rings (SSSR count). The van der Waals surface area contributed by atoms with Gasteiger partial charge >= 0.3 is 5.97 Å². The van der Waals surface area contributed by atoms with E-state index in [4.69, 9.17) is 19.3 Å². The van der Waals surface area contributed by atoms with Crippen LogP contribution in [0.5, 0.6) is 5.75 Å². The smallest absolute Gasteiger partial charge is 0.335 e. The highest BCUT2D eigenvalue weighted by atomic mass is 16.7. The second-order valence-electron chi connectivity index (χ2n) is 10.8. The molecule has 0 aromatic heterocycles. The number of ketones is 1. The van der Waals surface area contributed by atoms with Crippen molar-refractivity contribution in [3.63, 3.8) is 0 Å². The Kier molecular flexibility index (Phi) is 7.00. The largest absolute Gasteiger partial charge is 0.478 e. The van der Waals surface area contributed by atoms with Crippen LogP contribution < -0.4 is 4.74 Å². The van der Waals surface area contributed by atoms with E-state index in [0.717, 1.165) is 53.9 Å². The first kappa shape index (κ1) is 24.7. The van der Waals surface area contributed by atoms with Gasteiger partial charge in [0, 0.05) is 18.2 Å². The van der Waals surface area contributed by atoms with E-state index in [1.807, 2.05) is 25.1 Å². The van der Waals surface area contributed by atoms with Crippen LogP contribution in [0.25, 0.3) is 6.08 Å². The van der Waals surface area contributed by atoms with E-state index in [1.165, 1.54) is 31.4 Å². The molecule has 6 heteroatoms. The average molecular weight is 491 g/mol. The molecule has 0 saturated heterocycles. The van der Waals surface area contributed by atoms with E-state index in [-0.39, 0.29) is 29.8 Å². The summed E-state index contributed by atoms with van der Waals surface area (Å²) in [5, 5.41) is 9.08. The molecule has 1 atom stereocenters. The van der Waals surface area contributed by atoms with Gasteiger partial charge in [0.05, 0.1) is 5.56 Å². The topological polar surface area (TPSA) is 82.1 Å². The van der Waals surface area contributed by atoms with Gasteiger partial charge in [-0.1, -0.05) is 18.2 Å². The van der Waals surface area contributed by atoms with Crippen LogP contribution in [0.3, 0.4) is 0 Å². The third-order valence-corrected chi connectivity index (χ3v) is 8.31. The van der Waals surface area contributed by atoms with Crippen LogP contribution in [0.15, 0.2) is 48.5 Å². The first-order valence-corrected chi connectivity index (χ1v) is 12.8. The second-order valence-corrected chi connectivity index (χ2v) is 10.8. The van der Waals surface area contributed by atoms with Crippen molar-refractivity contribution in [3.05, 3.63) is 70.8 Å². The fraction of sp³-hybridized carbons (Fsp3) is 0.467. The molecule has 4 saturated carbocycles. The molecule has 4 bridgehead atoms. The van der Waals surface area contributed by atoms with E-state index < -0.39 is 5.97 Å². The SMILES string of the molecule is COC(C)OCOc1ccc(C(=O)C=Cc2ccc(C(=O)O)cc2)cc1C12CC3CC(CC(C3)C1)C2. The van der Waals surface area contributed by atoms with Crippen LogP contribution in [-0.2, 0) is 14.9 Å². The maximum Gasteiger partial charge on any atom is 0.335 e. The van der Waals surface area contributed by atoms with Crippen molar-refractivity contribution in [3.8, 4) is 5.75 Å². The van der Waals surface area contributed by atoms with E-state index in [2.05, 4.69) is 0 Å². The van der Waals surface area contributed by atoms with Gasteiger partial charge in [0.15, 0.2) is 18.9 Å². The monoisotopic (exact) mass is 490 g/mol. The Morgan fingerprint density at radius 2 is 1.61 bits per heavy atom. The van der Waals surface area contributed by atoms with Crippen molar-refractivity contribution in [2.75, 3.05) is 13.9 Å². The van der Waals surface area contributed by atoms with E-state index in [9.17, 15) is 9.59 Å². The Bertz CT molecular complexity index is 1110. The van der Waals surface area contributed by atoms with Gasteiger partial charge in [-0.25, -0.2) is 4.79 Å². The van der Waals surface area contributed by atoms with Gasteiger partial charge in [-0.15, -0.1) is 0 Å². The summed E-state index contributed by atoms with van der Waals surface area (Å²) in [5.41, 5.74) is 2.83. The minimum absolute atomic E-state index is 0.0591. The lowest BCUT2D eigenvalue weighted by Crippen LogP contribution is -2.48. The molecule has 2 aromatic carbocycles. The van der Waals surface area contributed by atoms with E-state index in [0.29, 0.717) is 5.56 Å². The van der Waals surface area contributed by atoms with E-state index >= 15 is 0 Å². The number of allylic oxidation sites excluding steroid dienone is 1. The van der Waals surface area contributed by atoms with Gasteiger partial charge in [0.1, 0.15) is 5.75 Å². The molecular formula is C30H34O6. The Hall–Kier alpha value is -2.96. The Labute approximate surface area is 212 Å². The first-order valence-electron chi connectivity index (χ1n) is 12.8. The summed E-state index contributed by atoms with van der Waals surface area (Å²) in [7, 11) is 1.60. The number of aromatic carboxylic acids is 1. The summed E-state index contributed by atoms with van der Waals surface area (Å²) in [4.78, 5) is 24.2. The predicted octanol–water partition coefficient (Wildman–Crippen LogP) is 6.09. The summed E-state index contributed by atoms with van der Waals surface area (Å²) in [6.45, 7) is 1.92. The maximum atomic E-state index is 13.2. The fourth-order valence-corrected chi connectivity index (χ4v) is 6.93. The predicted molar refractivity (Wildman–Crippen MR) is 136 cm³/mol. The van der Waals surface area contributed by atoms with Crippen LogP contribution in [0.1, 0.15) is 77.3 Å². The number of carboxylic acid groups (broad SMARTS) is 1. The number of hydrogen-bond acceptors (Lipinski definition) is 5. The molecule has 36 heavy (non-hydrogen) atoms. The standard InChI is InChI=1S/C30H34O6/c1-19(34-2)35-18-36-28-10-8-25(27(31)9-5-20-3-6-24(7-4-20)29(32)33)14-26(28)30-15-21-11-22(16-30)13-23(12-21)17-30/h3-10,14,19,21-23H,11-13,15-18H2,1-2H3,(H,32,33). The summed E-state index contributed by atoms with van der Waals surface area (Å²) in [6.07, 6.45) is 10.4.